The van der Waals surface area contributed by atoms with Gasteiger partial charge in [-0.3, -0.25) is 0 Å². The molecule has 0 amide bonds. The fourth-order valence-corrected chi connectivity index (χ4v) is 1.09. The van der Waals surface area contributed by atoms with E-state index < -0.39 is 0 Å². The van der Waals surface area contributed by atoms with Crippen LogP contribution >= 0.6 is 0 Å². The van der Waals surface area contributed by atoms with Gasteiger partial charge in [0.05, 0.1) is 24.4 Å². The van der Waals surface area contributed by atoms with E-state index >= 15 is 0 Å². The molecule has 4 unspecified atom stereocenters. The van der Waals surface area contributed by atoms with Crippen LogP contribution in [0.5, 0.6) is 0 Å². The predicted octanol–water partition coefficient (Wildman–Crippen LogP) is 0.765. The van der Waals surface area contributed by atoms with E-state index in [1.165, 1.54) is 0 Å². The molecule has 4 atom stereocenters. The minimum atomic E-state index is 0.251. The van der Waals surface area contributed by atoms with Crippen LogP contribution < -0.4 is 0 Å². The van der Waals surface area contributed by atoms with Gasteiger partial charge >= 0.3 is 0 Å². The summed E-state index contributed by atoms with van der Waals surface area (Å²) < 4.78 is 10.3. The third-order valence-corrected chi connectivity index (χ3v) is 1.99. The summed E-state index contributed by atoms with van der Waals surface area (Å²) in [6.45, 7) is 5.85. The zero-order valence-electron chi connectivity index (χ0n) is 5.54. The van der Waals surface area contributed by atoms with Gasteiger partial charge < -0.3 is 9.47 Å². The van der Waals surface area contributed by atoms with Crippen LogP contribution in [0.25, 0.3) is 0 Å². The van der Waals surface area contributed by atoms with Crippen LogP contribution in [-0.4, -0.2) is 24.4 Å². The molecule has 0 spiro atoms. The molecule has 2 nitrogen and oxygen atoms in total. The first kappa shape index (κ1) is 5.69. The average molecular weight is 127 g/mol. The van der Waals surface area contributed by atoms with E-state index in [0.717, 1.165) is 6.42 Å². The fraction of sp³-hybridized carbons (Fsp3) is 0.857. The lowest BCUT2D eigenvalue weighted by Crippen LogP contribution is -1.97. The van der Waals surface area contributed by atoms with Crippen LogP contribution in [0.3, 0.4) is 0 Å². The van der Waals surface area contributed by atoms with Gasteiger partial charge in [-0.1, -0.05) is 0 Å². The highest BCUT2D eigenvalue weighted by molar-refractivity contribution is 4.93. The second-order valence-electron chi connectivity index (χ2n) is 2.83. The molecule has 0 aromatic carbocycles. The summed E-state index contributed by atoms with van der Waals surface area (Å²) in [5, 5.41) is 0. The summed E-state index contributed by atoms with van der Waals surface area (Å²) in [4.78, 5) is 0. The molecule has 2 aliphatic heterocycles. The monoisotopic (exact) mass is 127 g/mol. The predicted molar refractivity (Wildman–Crippen MR) is 33.0 cm³/mol. The number of hydrogen-bond acceptors (Lipinski definition) is 2. The van der Waals surface area contributed by atoms with E-state index in [-0.39, 0.29) is 6.10 Å². The van der Waals surface area contributed by atoms with Gasteiger partial charge in [0.2, 0.25) is 0 Å². The average Bonchev–Trinajstić information content (AvgIpc) is 2.59. The molecule has 0 aliphatic carbocycles. The molecule has 2 heterocycles. The first-order valence-corrected chi connectivity index (χ1v) is 3.41. The maximum absolute atomic E-state index is 5.21. The van der Waals surface area contributed by atoms with Crippen molar-refractivity contribution in [3.8, 4) is 0 Å². The lowest BCUT2D eigenvalue weighted by Gasteiger charge is -1.83. The van der Waals surface area contributed by atoms with Crippen LogP contribution in [0.1, 0.15) is 13.3 Å². The van der Waals surface area contributed by atoms with E-state index in [2.05, 4.69) is 13.8 Å². The molecule has 0 saturated carbocycles. The first-order chi connectivity index (χ1) is 4.27. The third kappa shape index (κ3) is 1.10. The van der Waals surface area contributed by atoms with Crippen molar-refractivity contribution in [3.63, 3.8) is 0 Å². The smallest absolute Gasteiger partial charge is 0.0867 e. The standard InChI is InChI=1S/C7H11O2/c1-4-6(8-4)3-7-5(2)9-7/h4-7H,1,3H2,2H3. The largest absolute Gasteiger partial charge is 0.370 e. The second kappa shape index (κ2) is 1.70. The molecule has 9 heavy (non-hydrogen) atoms. The van der Waals surface area contributed by atoms with E-state index in [0.29, 0.717) is 18.3 Å². The molecule has 2 heteroatoms. The number of epoxide rings is 2. The van der Waals surface area contributed by atoms with Crippen molar-refractivity contribution in [2.75, 3.05) is 0 Å². The van der Waals surface area contributed by atoms with Gasteiger partial charge in [0.15, 0.2) is 0 Å². The fourth-order valence-electron chi connectivity index (χ4n) is 1.09. The molecular formula is C7H11O2. The van der Waals surface area contributed by atoms with Gasteiger partial charge in [0.25, 0.3) is 0 Å². The molecule has 0 N–H and O–H groups in total. The Hall–Kier alpha value is -0.0800. The third-order valence-electron chi connectivity index (χ3n) is 1.99. The van der Waals surface area contributed by atoms with Crippen LogP contribution in [0.15, 0.2) is 0 Å². The lowest BCUT2D eigenvalue weighted by molar-refractivity contribution is 0.330. The maximum atomic E-state index is 5.21. The summed E-state index contributed by atoms with van der Waals surface area (Å²) >= 11 is 0. The molecule has 1 radical (unpaired) electrons. The number of hydrogen-bond donors (Lipinski definition) is 0. The number of rotatable bonds is 2. The summed E-state index contributed by atoms with van der Waals surface area (Å²) in [7, 11) is 0. The van der Waals surface area contributed by atoms with Gasteiger partial charge in [-0.2, -0.15) is 0 Å². The first-order valence-electron chi connectivity index (χ1n) is 3.41. The van der Waals surface area contributed by atoms with Gasteiger partial charge in [0, 0.05) is 6.42 Å². The van der Waals surface area contributed by atoms with Crippen molar-refractivity contribution in [1.29, 1.82) is 0 Å². The highest BCUT2D eigenvalue weighted by Crippen LogP contribution is 2.34. The Bertz CT molecular complexity index is 110. The Morgan fingerprint density at radius 2 is 1.89 bits per heavy atom. The summed E-state index contributed by atoms with van der Waals surface area (Å²) in [5.74, 6) is 0. The quantitative estimate of drug-likeness (QED) is 0.512. The van der Waals surface area contributed by atoms with Gasteiger partial charge in [-0.15, -0.1) is 0 Å². The van der Waals surface area contributed by atoms with E-state index in [1.54, 1.807) is 0 Å². The Morgan fingerprint density at radius 3 is 2.22 bits per heavy atom. The van der Waals surface area contributed by atoms with Crippen LogP contribution in [0, 0.1) is 6.92 Å². The van der Waals surface area contributed by atoms with Gasteiger partial charge in [0.1, 0.15) is 0 Å². The maximum Gasteiger partial charge on any atom is 0.0867 e. The summed E-state index contributed by atoms with van der Waals surface area (Å²) in [6, 6.07) is 0. The topological polar surface area (TPSA) is 25.1 Å². The summed E-state index contributed by atoms with van der Waals surface area (Å²) in [6.07, 6.45) is 2.65. The minimum Gasteiger partial charge on any atom is -0.370 e. The Balaban J connectivity index is 1.69. The molecule has 0 aromatic heterocycles. The van der Waals surface area contributed by atoms with E-state index in [9.17, 15) is 0 Å². The molecule has 2 aliphatic rings. The molecule has 51 valence electrons. The Labute approximate surface area is 55.1 Å². The van der Waals surface area contributed by atoms with Crippen LogP contribution in [-0.2, 0) is 9.47 Å². The molecule has 0 aromatic rings. The summed E-state index contributed by atoms with van der Waals surface area (Å²) in [5.41, 5.74) is 0. The SMILES string of the molecule is [CH2]C1OC1CC1OC1C. The van der Waals surface area contributed by atoms with Crippen LogP contribution in [0.2, 0.25) is 0 Å². The molecule has 0 bridgehead atoms. The van der Waals surface area contributed by atoms with Crippen LogP contribution in [0.4, 0.5) is 0 Å². The van der Waals surface area contributed by atoms with E-state index in [1.807, 2.05) is 0 Å². The second-order valence-corrected chi connectivity index (χ2v) is 2.83. The molecule has 2 fully saturated rings. The minimum absolute atomic E-state index is 0.251. The van der Waals surface area contributed by atoms with Gasteiger partial charge in [-0.05, 0) is 13.8 Å². The number of ether oxygens (including phenoxy) is 2. The Morgan fingerprint density at radius 1 is 1.33 bits per heavy atom. The lowest BCUT2D eigenvalue weighted by atomic mass is 10.2. The highest BCUT2D eigenvalue weighted by Gasteiger charge is 2.44. The van der Waals surface area contributed by atoms with Crippen molar-refractivity contribution in [1.82, 2.24) is 0 Å². The van der Waals surface area contributed by atoms with Crippen molar-refractivity contribution >= 4 is 0 Å². The van der Waals surface area contributed by atoms with Crippen molar-refractivity contribution < 1.29 is 9.47 Å². The zero-order chi connectivity index (χ0) is 6.43. The molecule has 2 rings (SSSR count). The zero-order valence-corrected chi connectivity index (χ0v) is 5.54. The Kier molecular flexibility index (Phi) is 1.08. The highest BCUT2D eigenvalue weighted by atomic mass is 16.6. The van der Waals surface area contributed by atoms with E-state index in [4.69, 9.17) is 9.47 Å². The molecular weight excluding hydrogens is 116 g/mol. The normalized spacial score (nSPS) is 55.3. The molecule has 2 saturated heterocycles. The van der Waals surface area contributed by atoms with Crippen molar-refractivity contribution in [2.45, 2.75) is 37.8 Å². The van der Waals surface area contributed by atoms with Crippen molar-refractivity contribution in [2.24, 2.45) is 0 Å². The van der Waals surface area contributed by atoms with Crippen molar-refractivity contribution in [3.05, 3.63) is 6.92 Å². The van der Waals surface area contributed by atoms with Gasteiger partial charge in [-0.25, -0.2) is 0 Å².